The van der Waals surface area contributed by atoms with Crippen LogP contribution in [0.2, 0.25) is 0 Å². The van der Waals surface area contributed by atoms with Crippen LogP contribution < -0.4 is 10.5 Å². The van der Waals surface area contributed by atoms with Crippen LogP contribution in [0.3, 0.4) is 0 Å². The van der Waals surface area contributed by atoms with Crippen LogP contribution in [-0.2, 0) is 19.4 Å². The van der Waals surface area contributed by atoms with Gasteiger partial charge in [-0.25, -0.2) is 0 Å². The topological polar surface area (TPSA) is 38.5 Å². The smallest absolute Gasteiger partial charge is 0.119 e. The van der Waals surface area contributed by atoms with E-state index < -0.39 is 0 Å². The van der Waals surface area contributed by atoms with Gasteiger partial charge in [-0.2, -0.15) is 0 Å². The third kappa shape index (κ3) is 14.4. The number of rotatable bonds is 15. The molecule has 1 saturated heterocycles. The van der Waals surface area contributed by atoms with E-state index in [0.717, 1.165) is 31.4 Å². The van der Waals surface area contributed by atoms with E-state index in [1.165, 1.54) is 93.0 Å². The van der Waals surface area contributed by atoms with Crippen molar-refractivity contribution >= 4 is 5.57 Å². The van der Waals surface area contributed by atoms with E-state index in [9.17, 15) is 0 Å². The van der Waals surface area contributed by atoms with Gasteiger partial charge in [0, 0.05) is 0 Å². The zero-order valence-corrected chi connectivity index (χ0v) is 25.8. The van der Waals surface area contributed by atoms with Crippen LogP contribution in [0.1, 0.15) is 80.5 Å². The number of hydrogen-bond acceptors (Lipinski definition) is 3. The highest BCUT2D eigenvalue weighted by Crippen LogP contribution is 2.20. The monoisotopic (exact) mass is 554 g/mol. The SMILES string of the molecule is C=CCCCCCC(=C)c1ccc(CC)cc1.CN.c1ccc(COc2ccc(CCCN3CCCC3)cc2)cc1. The normalized spacial score (nSPS) is 12.5. The molecule has 2 N–H and O–H groups in total. The standard InChI is InChI=1S/C20H25NO.C17H24.CH5N/c1-2-7-19(8-3-1)17-22-20-12-10-18(11-13-20)9-6-16-21-14-4-5-15-21;1-4-6-7-8-9-10-15(3)17-13-11-16(5-2)12-14-17;1-2/h1-3,7-8,10-13H,4-6,9,14-17H2;4,11-14H,1,3,5-10H2,2H3;2H2,1H3. The third-order valence-corrected chi connectivity index (χ3v) is 7.47. The number of aryl methyl sites for hydroxylation is 2. The minimum Gasteiger partial charge on any atom is -0.489 e. The molecular formula is C38H54N2O. The Morgan fingerprint density at radius 1 is 0.805 bits per heavy atom. The number of ether oxygens (including phenoxy) is 1. The first kappa shape index (κ1) is 34.1. The van der Waals surface area contributed by atoms with Crippen molar-refractivity contribution in [2.45, 2.75) is 77.7 Å². The van der Waals surface area contributed by atoms with E-state index in [2.05, 4.69) is 91.4 Å². The van der Waals surface area contributed by atoms with Gasteiger partial charge < -0.3 is 15.4 Å². The summed E-state index contributed by atoms with van der Waals surface area (Å²) >= 11 is 0. The van der Waals surface area contributed by atoms with E-state index in [1.54, 1.807) is 0 Å². The quantitative estimate of drug-likeness (QED) is 0.150. The van der Waals surface area contributed by atoms with Gasteiger partial charge in [0.25, 0.3) is 0 Å². The van der Waals surface area contributed by atoms with Crippen molar-refractivity contribution in [2.75, 3.05) is 26.7 Å². The van der Waals surface area contributed by atoms with Crippen molar-refractivity contribution in [3.8, 4) is 5.75 Å². The van der Waals surface area contributed by atoms with E-state index in [4.69, 9.17) is 4.74 Å². The number of allylic oxidation sites excluding steroid dienone is 2. The lowest BCUT2D eigenvalue weighted by atomic mass is 9.99. The molecule has 3 aromatic carbocycles. The van der Waals surface area contributed by atoms with Crippen LogP contribution in [0, 0.1) is 0 Å². The summed E-state index contributed by atoms with van der Waals surface area (Å²) in [6, 6.07) is 27.7. The van der Waals surface area contributed by atoms with Crippen molar-refractivity contribution in [2.24, 2.45) is 5.73 Å². The van der Waals surface area contributed by atoms with Crippen molar-refractivity contribution in [1.82, 2.24) is 4.90 Å². The second kappa shape index (κ2) is 21.6. The van der Waals surface area contributed by atoms with Crippen molar-refractivity contribution in [1.29, 1.82) is 0 Å². The largest absolute Gasteiger partial charge is 0.489 e. The molecule has 0 atom stereocenters. The summed E-state index contributed by atoms with van der Waals surface area (Å²) < 4.78 is 5.82. The van der Waals surface area contributed by atoms with Crippen LogP contribution >= 0.6 is 0 Å². The molecular weight excluding hydrogens is 500 g/mol. The predicted octanol–water partition coefficient (Wildman–Crippen LogP) is 9.27. The molecule has 0 spiro atoms. The number of nitrogens with zero attached hydrogens (tertiary/aromatic N) is 1. The van der Waals surface area contributed by atoms with E-state index >= 15 is 0 Å². The van der Waals surface area contributed by atoms with E-state index in [-0.39, 0.29) is 0 Å². The highest BCUT2D eigenvalue weighted by Gasteiger charge is 2.10. The second-order valence-corrected chi connectivity index (χ2v) is 10.6. The Morgan fingerprint density at radius 3 is 2.10 bits per heavy atom. The lowest BCUT2D eigenvalue weighted by molar-refractivity contribution is 0.306. The van der Waals surface area contributed by atoms with Crippen LogP contribution in [0.5, 0.6) is 5.75 Å². The van der Waals surface area contributed by atoms with Gasteiger partial charge in [0.2, 0.25) is 0 Å². The molecule has 222 valence electrons. The average molecular weight is 555 g/mol. The summed E-state index contributed by atoms with van der Waals surface area (Å²) in [5, 5.41) is 0. The third-order valence-electron chi connectivity index (χ3n) is 7.47. The van der Waals surface area contributed by atoms with Gasteiger partial charge >= 0.3 is 0 Å². The molecule has 0 aliphatic carbocycles. The summed E-state index contributed by atoms with van der Waals surface area (Å²) in [5.41, 5.74) is 11.1. The molecule has 3 aromatic rings. The molecule has 3 nitrogen and oxygen atoms in total. The summed E-state index contributed by atoms with van der Waals surface area (Å²) in [5.74, 6) is 0.951. The van der Waals surface area contributed by atoms with Gasteiger partial charge in [0.05, 0.1) is 0 Å². The van der Waals surface area contributed by atoms with Gasteiger partial charge in [0.1, 0.15) is 12.4 Å². The molecule has 0 unspecified atom stereocenters. The molecule has 0 bridgehead atoms. The number of benzene rings is 3. The maximum Gasteiger partial charge on any atom is 0.119 e. The molecule has 1 fully saturated rings. The molecule has 0 aromatic heterocycles. The number of nitrogens with two attached hydrogens (primary N) is 1. The van der Waals surface area contributed by atoms with Crippen molar-refractivity contribution < 1.29 is 4.74 Å². The van der Waals surface area contributed by atoms with Gasteiger partial charge in [-0.05, 0) is 124 Å². The van der Waals surface area contributed by atoms with Gasteiger partial charge in [-0.15, -0.1) is 6.58 Å². The summed E-state index contributed by atoms with van der Waals surface area (Å²) in [7, 11) is 1.50. The Labute approximate surface area is 251 Å². The molecule has 1 aliphatic rings. The first-order valence-corrected chi connectivity index (χ1v) is 15.6. The fourth-order valence-corrected chi connectivity index (χ4v) is 4.93. The first-order chi connectivity index (χ1) is 20.2. The van der Waals surface area contributed by atoms with Crippen LogP contribution in [0.15, 0.2) is 98.1 Å². The lowest BCUT2D eigenvalue weighted by Gasteiger charge is -2.14. The minimum absolute atomic E-state index is 0.634. The van der Waals surface area contributed by atoms with E-state index in [1.807, 2.05) is 24.3 Å². The molecule has 0 radical (unpaired) electrons. The van der Waals surface area contributed by atoms with Gasteiger partial charge in [0.15, 0.2) is 0 Å². The molecule has 1 heterocycles. The summed E-state index contributed by atoms with van der Waals surface area (Å²) in [6.45, 7) is 14.6. The Balaban J connectivity index is 0.000000280. The second-order valence-electron chi connectivity index (χ2n) is 10.6. The number of likely N-dealkylation sites (tertiary alicyclic amines) is 1. The van der Waals surface area contributed by atoms with Crippen molar-refractivity contribution in [3.63, 3.8) is 0 Å². The van der Waals surface area contributed by atoms with Crippen LogP contribution in [0.4, 0.5) is 0 Å². The number of hydrogen-bond donors (Lipinski definition) is 1. The maximum atomic E-state index is 5.82. The molecule has 4 rings (SSSR count). The van der Waals surface area contributed by atoms with Gasteiger partial charge in [-0.3, -0.25) is 0 Å². The molecule has 1 aliphatic heterocycles. The molecule has 3 heteroatoms. The minimum atomic E-state index is 0.634. The molecule has 0 amide bonds. The Morgan fingerprint density at radius 2 is 1.46 bits per heavy atom. The van der Waals surface area contributed by atoms with Crippen LogP contribution in [0.25, 0.3) is 5.57 Å². The van der Waals surface area contributed by atoms with Crippen molar-refractivity contribution in [3.05, 3.63) is 120 Å². The first-order valence-electron chi connectivity index (χ1n) is 15.6. The molecule has 0 saturated carbocycles. The lowest BCUT2D eigenvalue weighted by Crippen LogP contribution is -2.20. The average Bonchev–Trinajstić information content (AvgIpc) is 3.56. The fraction of sp³-hybridized carbons (Fsp3) is 0.421. The Bertz CT molecular complexity index is 1070. The van der Waals surface area contributed by atoms with Gasteiger partial charge in [-0.1, -0.05) is 92.7 Å². The van der Waals surface area contributed by atoms with E-state index in [0.29, 0.717) is 6.61 Å². The number of unbranched alkanes of at least 4 members (excludes halogenated alkanes) is 3. The fourth-order valence-electron chi connectivity index (χ4n) is 4.93. The highest BCUT2D eigenvalue weighted by atomic mass is 16.5. The van der Waals surface area contributed by atoms with Crippen LogP contribution in [-0.4, -0.2) is 31.6 Å². The predicted molar refractivity (Wildman–Crippen MR) is 179 cm³/mol. The zero-order chi connectivity index (χ0) is 29.5. The molecule has 41 heavy (non-hydrogen) atoms. The summed E-state index contributed by atoms with van der Waals surface area (Å²) in [6.07, 6.45) is 14.3. The Kier molecular flexibility index (Phi) is 17.9. The zero-order valence-electron chi connectivity index (χ0n) is 25.8. The summed E-state index contributed by atoms with van der Waals surface area (Å²) in [4.78, 5) is 2.58. The Hall–Kier alpha value is -3.14. The maximum absolute atomic E-state index is 5.82. The highest BCUT2D eigenvalue weighted by molar-refractivity contribution is 5.63.